The van der Waals surface area contributed by atoms with Crippen molar-refractivity contribution in [1.82, 2.24) is 5.32 Å². The third-order valence-electron chi connectivity index (χ3n) is 5.23. The van der Waals surface area contributed by atoms with Crippen molar-refractivity contribution in [2.75, 3.05) is 19.7 Å². The number of benzene rings is 1. The van der Waals surface area contributed by atoms with Crippen LogP contribution in [0.2, 0.25) is 0 Å². The molecule has 1 saturated carbocycles. The standard InChI is InChI=1S/C17H27NO2/c1-16(2)15(17(16,3)4)11-18-10-13(19)12-20-14-8-6-5-7-9-14/h5-9,13,15,18-19H,10-12H2,1-4H3. The Balaban J connectivity index is 1.63. The Morgan fingerprint density at radius 1 is 1.15 bits per heavy atom. The smallest absolute Gasteiger partial charge is 0.119 e. The van der Waals surface area contributed by atoms with E-state index >= 15 is 0 Å². The first kappa shape index (κ1) is 15.3. The van der Waals surface area contributed by atoms with E-state index in [1.807, 2.05) is 30.3 Å². The highest BCUT2D eigenvalue weighted by Crippen LogP contribution is 2.67. The van der Waals surface area contributed by atoms with E-state index < -0.39 is 6.10 Å². The van der Waals surface area contributed by atoms with Crippen LogP contribution in [0.15, 0.2) is 30.3 Å². The Kier molecular flexibility index (Phi) is 4.40. The second-order valence-corrected chi connectivity index (χ2v) is 6.93. The van der Waals surface area contributed by atoms with Crippen molar-refractivity contribution in [2.24, 2.45) is 16.7 Å². The lowest BCUT2D eigenvalue weighted by Gasteiger charge is -2.13. The minimum atomic E-state index is -0.472. The minimum Gasteiger partial charge on any atom is -0.491 e. The molecule has 0 amide bonds. The predicted molar refractivity (Wildman–Crippen MR) is 81.9 cm³/mol. The lowest BCUT2D eigenvalue weighted by atomic mass is 10.0. The van der Waals surface area contributed by atoms with Gasteiger partial charge in [0.15, 0.2) is 0 Å². The quantitative estimate of drug-likeness (QED) is 0.805. The molecule has 20 heavy (non-hydrogen) atoms. The van der Waals surface area contributed by atoms with Crippen molar-refractivity contribution in [2.45, 2.75) is 33.8 Å². The Morgan fingerprint density at radius 2 is 1.75 bits per heavy atom. The van der Waals surface area contributed by atoms with E-state index in [2.05, 4.69) is 33.0 Å². The highest BCUT2D eigenvalue weighted by Gasteiger charge is 2.63. The molecule has 0 heterocycles. The fourth-order valence-corrected chi connectivity index (χ4v) is 3.01. The largest absolute Gasteiger partial charge is 0.491 e. The maximum absolute atomic E-state index is 9.92. The van der Waals surface area contributed by atoms with Crippen LogP contribution in [-0.4, -0.2) is 30.9 Å². The van der Waals surface area contributed by atoms with Gasteiger partial charge in [-0.2, -0.15) is 0 Å². The number of hydrogen-bond donors (Lipinski definition) is 2. The van der Waals surface area contributed by atoms with Gasteiger partial charge in [0.1, 0.15) is 18.5 Å². The fraction of sp³-hybridized carbons (Fsp3) is 0.647. The summed E-state index contributed by atoms with van der Waals surface area (Å²) >= 11 is 0. The molecule has 1 aromatic carbocycles. The number of nitrogens with one attached hydrogen (secondary N) is 1. The maximum atomic E-state index is 9.92. The molecule has 3 heteroatoms. The molecule has 2 N–H and O–H groups in total. The highest BCUT2D eigenvalue weighted by atomic mass is 16.5. The van der Waals surface area contributed by atoms with E-state index in [1.165, 1.54) is 0 Å². The van der Waals surface area contributed by atoms with Gasteiger partial charge in [-0.15, -0.1) is 0 Å². The lowest BCUT2D eigenvalue weighted by molar-refractivity contribution is 0.106. The van der Waals surface area contributed by atoms with Crippen LogP contribution < -0.4 is 10.1 Å². The zero-order valence-electron chi connectivity index (χ0n) is 13.0. The Hall–Kier alpha value is -1.06. The van der Waals surface area contributed by atoms with E-state index in [-0.39, 0.29) is 0 Å². The van der Waals surface area contributed by atoms with Gasteiger partial charge in [0.05, 0.1) is 0 Å². The van der Waals surface area contributed by atoms with Crippen molar-refractivity contribution >= 4 is 0 Å². The van der Waals surface area contributed by atoms with Crippen LogP contribution in [0.1, 0.15) is 27.7 Å². The Labute approximate surface area is 122 Å². The first-order chi connectivity index (χ1) is 9.35. The Bertz CT molecular complexity index is 414. The molecule has 0 aromatic heterocycles. The molecular weight excluding hydrogens is 250 g/mol. The molecule has 1 atom stereocenters. The third-order valence-corrected chi connectivity index (χ3v) is 5.23. The maximum Gasteiger partial charge on any atom is 0.119 e. The molecule has 1 aliphatic carbocycles. The monoisotopic (exact) mass is 277 g/mol. The molecule has 1 unspecified atom stereocenters. The molecule has 3 nitrogen and oxygen atoms in total. The minimum absolute atomic E-state index is 0.328. The predicted octanol–water partition coefficient (Wildman–Crippen LogP) is 2.70. The number of aliphatic hydroxyl groups is 1. The molecule has 0 spiro atoms. The van der Waals surface area contributed by atoms with E-state index in [4.69, 9.17) is 4.74 Å². The molecular formula is C17H27NO2. The van der Waals surface area contributed by atoms with Crippen LogP contribution in [0.25, 0.3) is 0 Å². The van der Waals surface area contributed by atoms with Gasteiger partial charge < -0.3 is 15.2 Å². The van der Waals surface area contributed by atoms with E-state index in [0.717, 1.165) is 12.3 Å². The summed E-state index contributed by atoms with van der Waals surface area (Å²) < 4.78 is 5.53. The van der Waals surface area contributed by atoms with Gasteiger partial charge in [0.2, 0.25) is 0 Å². The summed E-state index contributed by atoms with van der Waals surface area (Å²) in [6.45, 7) is 11.1. The highest BCUT2D eigenvalue weighted by molar-refractivity contribution is 5.20. The summed E-state index contributed by atoms with van der Waals surface area (Å²) in [5.74, 6) is 1.48. The van der Waals surface area contributed by atoms with Crippen LogP contribution in [0.3, 0.4) is 0 Å². The summed E-state index contributed by atoms with van der Waals surface area (Å²) in [7, 11) is 0. The zero-order chi connectivity index (χ0) is 14.8. The molecule has 112 valence electrons. The first-order valence-corrected chi connectivity index (χ1v) is 7.42. The van der Waals surface area contributed by atoms with Crippen molar-refractivity contribution in [1.29, 1.82) is 0 Å². The summed E-state index contributed by atoms with van der Waals surface area (Å²) in [4.78, 5) is 0. The van der Waals surface area contributed by atoms with Crippen molar-refractivity contribution in [3.8, 4) is 5.75 Å². The van der Waals surface area contributed by atoms with E-state index in [0.29, 0.717) is 29.9 Å². The summed E-state index contributed by atoms with van der Waals surface area (Å²) in [5, 5.41) is 13.3. The molecule has 0 aliphatic heterocycles. The Morgan fingerprint density at radius 3 is 2.30 bits per heavy atom. The van der Waals surface area contributed by atoms with Crippen molar-refractivity contribution < 1.29 is 9.84 Å². The van der Waals surface area contributed by atoms with Gasteiger partial charge in [-0.25, -0.2) is 0 Å². The first-order valence-electron chi connectivity index (χ1n) is 7.42. The van der Waals surface area contributed by atoms with Crippen molar-refractivity contribution in [3.63, 3.8) is 0 Å². The molecule has 0 saturated heterocycles. The average molecular weight is 277 g/mol. The number of para-hydroxylation sites is 1. The van der Waals surface area contributed by atoms with Gasteiger partial charge in [-0.05, 0) is 35.4 Å². The second-order valence-electron chi connectivity index (χ2n) is 6.93. The summed E-state index contributed by atoms with van der Waals surface area (Å²) in [5.41, 5.74) is 0.789. The number of ether oxygens (including phenoxy) is 1. The van der Waals surface area contributed by atoms with Crippen LogP contribution in [-0.2, 0) is 0 Å². The van der Waals surface area contributed by atoms with E-state index in [1.54, 1.807) is 0 Å². The second kappa shape index (κ2) is 5.74. The van der Waals surface area contributed by atoms with Gasteiger partial charge in [-0.3, -0.25) is 0 Å². The fourth-order valence-electron chi connectivity index (χ4n) is 3.01. The van der Waals surface area contributed by atoms with Crippen LogP contribution >= 0.6 is 0 Å². The number of rotatable bonds is 7. The lowest BCUT2D eigenvalue weighted by Crippen LogP contribution is -2.33. The SMILES string of the molecule is CC1(C)C(CNCC(O)COc2ccccc2)C1(C)C. The molecule has 1 aromatic rings. The third kappa shape index (κ3) is 3.15. The van der Waals surface area contributed by atoms with Crippen LogP contribution in [0.5, 0.6) is 5.75 Å². The van der Waals surface area contributed by atoms with Crippen molar-refractivity contribution in [3.05, 3.63) is 30.3 Å². The summed E-state index contributed by atoms with van der Waals surface area (Å²) in [6, 6.07) is 9.60. The zero-order valence-corrected chi connectivity index (χ0v) is 13.0. The number of aliphatic hydroxyl groups excluding tert-OH is 1. The van der Waals surface area contributed by atoms with E-state index in [9.17, 15) is 5.11 Å². The molecule has 0 bridgehead atoms. The van der Waals surface area contributed by atoms with Crippen LogP contribution in [0, 0.1) is 16.7 Å². The topological polar surface area (TPSA) is 41.5 Å². The van der Waals surface area contributed by atoms with Gasteiger partial charge >= 0.3 is 0 Å². The molecule has 2 rings (SSSR count). The van der Waals surface area contributed by atoms with Gasteiger partial charge in [-0.1, -0.05) is 45.9 Å². The average Bonchev–Trinajstić information content (AvgIpc) is 2.80. The summed E-state index contributed by atoms with van der Waals surface area (Å²) in [6.07, 6.45) is -0.472. The van der Waals surface area contributed by atoms with Crippen LogP contribution in [0.4, 0.5) is 0 Å². The van der Waals surface area contributed by atoms with Gasteiger partial charge in [0, 0.05) is 6.54 Å². The number of hydrogen-bond acceptors (Lipinski definition) is 3. The van der Waals surface area contributed by atoms with Gasteiger partial charge in [0.25, 0.3) is 0 Å². The molecule has 1 aliphatic rings. The molecule has 1 fully saturated rings. The normalized spacial score (nSPS) is 21.4. The molecule has 0 radical (unpaired) electrons.